The number of methoxy groups -OCH3 is 1. The van der Waals surface area contributed by atoms with E-state index in [2.05, 4.69) is 20.7 Å². The van der Waals surface area contributed by atoms with Crippen LogP contribution in [0.1, 0.15) is 24.1 Å². The fourth-order valence-corrected chi connectivity index (χ4v) is 3.96. The lowest BCUT2D eigenvalue weighted by atomic mass is 9.94. The van der Waals surface area contributed by atoms with Crippen molar-refractivity contribution in [3.05, 3.63) is 70.9 Å². The molecule has 2 aromatic carbocycles. The van der Waals surface area contributed by atoms with E-state index < -0.39 is 23.7 Å². The maximum absolute atomic E-state index is 13.4. The van der Waals surface area contributed by atoms with Crippen LogP contribution in [0.4, 0.5) is 24.8 Å². The molecule has 0 fully saturated rings. The number of anilines is 2. The van der Waals surface area contributed by atoms with Gasteiger partial charge in [-0.2, -0.15) is 18.2 Å². The van der Waals surface area contributed by atoms with Gasteiger partial charge in [0, 0.05) is 5.70 Å². The molecule has 2 heterocycles. The highest BCUT2D eigenvalue weighted by atomic mass is 32.2. The largest absolute Gasteiger partial charge is 0.495 e. The smallest absolute Gasteiger partial charge is 0.416 e. The third-order valence-electron chi connectivity index (χ3n) is 5.17. The molecule has 1 aromatic heterocycles. The normalized spacial score (nSPS) is 15.6. The number of amides is 1. The maximum Gasteiger partial charge on any atom is 0.416 e. The SMILES string of the molecule is COc1ccccc1NC(=O)C1=C(C)Nc2nc(SC)nn2[C@@H]1c1ccc(C(F)(F)F)cc1. The third-order valence-corrected chi connectivity index (χ3v) is 5.71. The minimum atomic E-state index is -4.47. The average molecular weight is 475 g/mol. The number of para-hydroxylation sites is 2. The van der Waals surface area contributed by atoms with Crippen molar-refractivity contribution in [2.24, 2.45) is 0 Å². The lowest BCUT2D eigenvalue weighted by Crippen LogP contribution is -2.31. The van der Waals surface area contributed by atoms with E-state index in [-0.39, 0.29) is 0 Å². The van der Waals surface area contributed by atoms with E-state index in [4.69, 9.17) is 4.74 Å². The molecule has 0 unspecified atom stereocenters. The van der Waals surface area contributed by atoms with Crippen LogP contribution in [0.5, 0.6) is 5.75 Å². The molecule has 0 saturated heterocycles. The molecule has 33 heavy (non-hydrogen) atoms. The van der Waals surface area contributed by atoms with Gasteiger partial charge in [0.15, 0.2) is 0 Å². The van der Waals surface area contributed by atoms with Gasteiger partial charge in [-0.05, 0) is 43.0 Å². The highest BCUT2D eigenvalue weighted by molar-refractivity contribution is 7.98. The van der Waals surface area contributed by atoms with E-state index in [0.29, 0.717) is 39.4 Å². The van der Waals surface area contributed by atoms with Crippen molar-refractivity contribution >= 4 is 29.3 Å². The van der Waals surface area contributed by atoms with Crippen molar-refractivity contribution in [3.63, 3.8) is 0 Å². The number of allylic oxidation sites excluding steroid dienone is 1. The predicted octanol–water partition coefficient (Wildman–Crippen LogP) is 4.96. The molecule has 1 aliphatic rings. The van der Waals surface area contributed by atoms with Crippen LogP contribution < -0.4 is 15.4 Å². The second-order valence-corrected chi connectivity index (χ2v) is 7.98. The Morgan fingerprint density at radius 1 is 1.18 bits per heavy atom. The molecule has 1 amide bonds. The Kier molecular flexibility index (Phi) is 6.07. The number of benzene rings is 2. The Labute approximate surface area is 192 Å². The molecule has 0 saturated carbocycles. The molecular formula is C22H20F3N5O2S. The van der Waals surface area contributed by atoms with Crippen LogP contribution in [-0.4, -0.2) is 34.0 Å². The van der Waals surface area contributed by atoms with Crippen molar-refractivity contribution in [1.29, 1.82) is 0 Å². The number of thioether (sulfide) groups is 1. The molecule has 172 valence electrons. The number of fused-ring (bicyclic) bond motifs is 1. The first-order valence-electron chi connectivity index (χ1n) is 9.82. The summed E-state index contributed by atoms with van der Waals surface area (Å²) in [5, 5.41) is 10.8. The number of carbonyl (C=O) groups excluding carboxylic acids is 1. The first-order chi connectivity index (χ1) is 15.7. The van der Waals surface area contributed by atoms with Gasteiger partial charge >= 0.3 is 6.18 Å². The van der Waals surface area contributed by atoms with E-state index >= 15 is 0 Å². The number of alkyl halides is 3. The summed E-state index contributed by atoms with van der Waals surface area (Å²) in [4.78, 5) is 17.8. The first kappa shape index (κ1) is 22.7. The van der Waals surface area contributed by atoms with Gasteiger partial charge in [-0.15, -0.1) is 5.10 Å². The molecule has 2 N–H and O–H groups in total. The molecule has 0 bridgehead atoms. The Bertz CT molecular complexity index is 1220. The van der Waals surface area contributed by atoms with E-state index in [1.54, 1.807) is 31.2 Å². The Morgan fingerprint density at radius 2 is 1.88 bits per heavy atom. The van der Waals surface area contributed by atoms with Crippen LogP contribution in [-0.2, 0) is 11.0 Å². The Hall–Kier alpha value is -3.47. The van der Waals surface area contributed by atoms with Crippen LogP contribution in [0, 0.1) is 0 Å². The quantitative estimate of drug-likeness (QED) is 0.508. The summed E-state index contributed by atoms with van der Waals surface area (Å²) >= 11 is 1.32. The van der Waals surface area contributed by atoms with Gasteiger partial charge in [0.1, 0.15) is 11.8 Å². The lowest BCUT2D eigenvalue weighted by Gasteiger charge is -2.29. The molecule has 4 rings (SSSR count). The van der Waals surface area contributed by atoms with Crippen LogP contribution in [0.25, 0.3) is 0 Å². The summed E-state index contributed by atoms with van der Waals surface area (Å²) in [5.41, 5.74) is 0.966. The highest BCUT2D eigenvalue weighted by Gasteiger charge is 2.36. The third kappa shape index (κ3) is 4.40. The minimum absolute atomic E-state index is 0.297. The van der Waals surface area contributed by atoms with E-state index in [9.17, 15) is 18.0 Å². The van der Waals surface area contributed by atoms with Crippen molar-refractivity contribution in [2.75, 3.05) is 24.0 Å². The van der Waals surface area contributed by atoms with E-state index in [1.165, 1.54) is 35.7 Å². The molecule has 3 aromatic rings. The van der Waals surface area contributed by atoms with E-state index in [1.807, 2.05) is 6.26 Å². The minimum Gasteiger partial charge on any atom is -0.495 e. The van der Waals surface area contributed by atoms with Crippen molar-refractivity contribution < 1.29 is 22.7 Å². The number of hydrogen-bond acceptors (Lipinski definition) is 6. The maximum atomic E-state index is 13.4. The number of nitrogens with zero attached hydrogens (tertiary/aromatic N) is 3. The first-order valence-corrected chi connectivity index (χ1v) is 11.0. The van der Waals surface area contributed by atoms with Crippen molar-refractivity contribution in [3.8, 4) is 5.75 Å². The zero-order valence-electron chi connectivity index (χ0n) is 17.9. The van der Waals surface area contributed by atoms with Gasteiger partial charge in [0.2, 0.25) is 11.1 Å². The fraction of sp³-hybridized carbons (Fsp3) is 0.227. The molecular weight excluding hydrogens is 455 g/mol. The summed E-state index contributed by atoms with van der Waals surface area (Å²) in [7, 11) is 1.49. The molecule has 0 spiro atoms. The number of hydrogen-bond donors (Lipinski definition) is 2. The van der Waals surface area contributed by atoms with Gasteiger partial charge in [0.05, 0.1) is 23.9 Å². The van der Waals surface area contributed by atoms with Gasteiger partial charge in [-0.1, -0.05) is 36.0 Å². The van der Waals surface area contributed by atoms with Crippen LogP contribution in [0.15, 0.2) is 65.0 Å². The molecule has 0 aliphatic carbocycles. The van der Waals surface area contributed by atoms with Gasteiger partial charge in [-0.25, -0.2) is 4.68 Å². The average Bonchev–Trinajstić information content (AvgIpc) is 3.20. The lowest BCUT2D eigenvalue weighted by molar-refractivity contribution is -0.137. The second-order valence-electron chi connectivity index (χ2n) is 7.21. The number of rotatable bonds is 5. The number of halogens is 3. The monoisotopic (exact) mass is 475 g/mol. The number of aromatic nitrogens is 3. The summed E-state index contributed by atoms with van der Waals surface area (Å²) in [6.45, 7) is 1.71. The summed E-state index contributed by atoms with van der Waals surface area (Å²) in [6.07, 6.45) is -2.66. The zero-order valence-corrected chi connectivity index (χ0v) is 18.7. The topological polar surface area (TPSA) is 81.1 Å². The van der Waals surface area contributed by atoms with E-state index in [0.717, 1.165) is 12.1 Å². The van der Waals surface area contributed by atoms with Gasteiger partial charge in [-0.3, -0.25) is 4.79 Å². The molecule has 11 heteroatoms. The van der Waals surface area contributed by atoms with Crippen LogP contribution in [0.2, 0.25) is 0 Å². The highest BCUT2D eigenvalue weighted by Crippen LogP contribution is 2.38. The van der Waals surface area contributed by atoms with Crippen LogP contribution >= 0.6 is 11.8 Å². The zero-order chi connectivity index (χ0) is 23.8. The van der Waals surface area contributed by atoms with Gasteiger partial charge < -0.3 is 15.4 Å². The summed E-state index contributed by atoms with van der Waals surface area (Å²) in [6, 6.07) is 10.9. The Balaban J connectivity index is 1.79. The predicted molar refractivity (Wildman–Crippen MR) is 119 cm³/mol. The standard InChI is InChI=1S/C22H20F3N5O2S/c1-12-17(19(31)27-15-6-4-5-7-16(15)32-2)18(30-20(26-12)28-21(29-30)33-3)13-8-10-14(11-9-13)22(23,24)25/h4-11,18H,1-3H3,(H,27,31)(H,26,28,29)/t18-/m1/s1. The number of ether oxygens (including phenoxy) is 1. The molecule has 1 aliphatic heterocycles. The molecule has 1 atom stereocenters. The Morgan fingerprint density at radius 3 is 2.52 bits per heavy atom. The van der Waals surface area contributed by atoms with Crippen molar-refractivity contribution in [1.82, 2.24) is 14.8 Å². The molecule has 0 radical (unpaired) electrons. The van der Waals surface area contributed by atoms with Crippen LogP contribution in [0.3, 0.4) is 0 Å². The number of carbonyl (C=O) groups is 1. The summed E-state index contributed by atoms with van der Waals surface area (Å²) in [5.74, 6) is 0.432. The fourth-order valence-electron chi connectivity index (χ4n) is 3.61. The van der Waals surface area contributed by atoms with Gasteiger partial charge in [0.25, 0.3) is 5.91 Å². The number of nitrogens with one attached hydrogen (secondary N) is 2. The molecule has 7 nitrogen and oxygen atoms in total. The second kappa shape index (κ2) is 8.81. The summed E-state index contributed by atoms with van der Waals surface area (Å²) < 4.78 is 46.1. The van der Waals surface area contributed by atoms with Crippen molar-refractivity contribution in [2.45, 2.75) is 24.3 Å².